The third-order valence-corrected chi connectivity index (χ3v) is 14.6. The number of ether oxygens (including phenoxy) is 2. The highest BCUT2D eigenvalue weighted by atomic mass is 35.5. The van der Waals surface area contributed by atoms with E-state index in [2.05, 4.69) is 192 Å². The van der Waals surface area contributed by atoms with Crippen LogP contribution in [0.3, 0.4) is 0 Å². The predicted octanol–water partition coefficient (Wildman–Crippen LogP) is 17.8. The number of rotatable bonds is 24. The number of fused-ring (bicyclic) bond motifs is 3. The summed E-state index contributed by atoms with van der Waals surface area (Å²) >= 11 is 6.59. The maximum absolute atomic E-state index is 7.03. The number of halogens is 1. The van der Waals surface area contributed by atoms with Gasteiger partial charge in [0.2, 0.25) is 0 Å². The van der Waals surface area contributed by atoms with E-state index in [4.69, 9.17) is 26.8 Å². The number of hydrogen-bond donors (Lipinski definition) is 2. The Morgan fingerprint density at radius 1 is 0.452 bits per heavy atom. The SMILES string of the molecule is CCCCCCNC1(CCC(N)CCCCC)c2ccccc2-c2ccc(N(c3ccccc3)c3cc(N(c4ccccc4)c4ccc(Cl)cc4)cc(N(c4ccc(OC)cc4)c4ccc(OC)cc4)c3)cc21. The monoisotopic (exact) mass is 988 g/mol. The van der Waals surface area contributed by atoms with Crippen LogP contribution in [0.5, 0.6) is 11.5 Å². The Labute approximate surface area is 439 Å². The summed E-state index contributed by atoms with van der Waals surface area (Å²) in [5.41, 5.74) is 20.7. The predicted molar refractivity (Wildman–Crippen MR) is 308 cm³/mol. The number of methoxy groups -OCH3 is 2. The molecule has 2 atom stereocenters. The summed E-state index contributed by atoms with van der Waals surface area (Å²) in [5, 5.41) is 4.94. The Morgan fingerprint density at radius 3 is 1.44 bits per heavy atom. The number of benzene rings is 8. The lowest BCUT2D eigenvalue weighted by molar-refractivity contribution is 0.346. The molecule has 8 aromatic carbocycles. The van der Waals surface area contributed by atoms with Crippen LogP contribution in [-0.2, 0) is 5.54 Å². The molecule has 0 bridgehead atoms. The van der Waals surface area contributed by atoms with Gasteiger partial charge in [0.15, 0.2) is 0 Å². The number of para-hydroxylation sites is 2. The van der Waals surface area contributed by atoms with Crippen LogP contribution in [0.4, 0.5) is 51.2 Å². The van der Waals surface area contributed by atoms with Crippen molar-refractivity contribution in [1.82, 2.24) is 5.32 Å². The maximum Gasteiger partial charge on any atom is 0.119 e. The molecule has 0 amide bonds. The lowest BCUT2D eigenvalue weighted by atomic mass is 9.81. The summed E-state index contributed by atoms with van der Waals surface area (Å²) < 4.78 is 11.4. The molecule has 0 spiro atoms. The van der Waals surface area contributed by atoms with Crippen molar-refractivity contribution in [2.45, 2.75) is 89.6 Å². The van der Waals surface area contributed by atoms with Crippen LogP contribution in [0.2, 0.25) is 5.02 Å². The Balaban J connectivity index is 1.28. The van der Waals surface area contributed by atoms with Crippen molar-refractivity contribution >= 4 is 62.8 Å². The summed E-state index contributed by atoms with van der Waals surface area (Å²) in [6, 6.07) is 69.1. The standard InChI is InChI=1S/C65H70ClN5O2/c1-5-7-9-19-43-68-65(42-41-49(67)20-12-8-6-2)63-26-18-17-25-61(63)62-40-35-55(47-64(62)65)71(51-23-15-11-16-24-51)58-45-56(69(50-21-13-10-14-22-50)52-29-27-48(66)28-30-52)44-57(46-58)70(53-31-36-59(72-3)37-32-53)54-33-38-60(73-4)39-34-54/h10-11,13-18,21-40,44-47,49,68H,5-9,12,19-20,41-43,67H2,1-4H3. The summed E-state index contributed by atoms with van der Waals surface area (Å²) in [6.07, 6.45) is 11.2. The van der Waals surface area contributed by atoms with Gasteiger partial charge < -0.3 is 35.2 Å². The summed E-state index contributed by atoms with van der Waals surface area (Å²) in [5.74, 6) is 1.56. The van der Waals surface area contributed by atoms with Crippen LogP contribution in [0.25, 0.3) is 11.1 Å². The van der Waals surface area contributed by atoms with E-state index >= 15 is 0 Å². The second-order valence-corrected chi connectivity index (χ2v) is 19.7. The van der Waals surface area contributed by atoms with Gasteiger partial charge >= 0.3 is 0 Å². The second kappa shape index (κ2) is 24.1. The van der Waals surface area contributed by atoms with Gasteiger partial charge in [0.25, 0.3) is 0 Å². The normalized spacial score (nSPS) is 14.0. The summed E-state index contributed by atoms with van der Waals surface area (Å²) in [7, 11) is 3.40. The lowest BCUT2D eigenvalue weighted by Gasteiger charge is -2.36. The molecule has 0 radical (unpaired) electrons. The minimum absolute atomic E-state index is 0.124. The molecule has 7 nitrogen and oxygen atoms in total. The molecule has 73 heavy (non-hydrogen) atoms. The Hall–Kier alpha value is -7.03. The van der Waals surface area contributed by atoms with E-state index in [0.717, 1.165) is 101 Å². The first-order chi connectivity index (χ1) is 35.8. The van der Waals surface area contributed by atoms with E-state index in [0.29, 0.717) is 5.02 Å². The summed E-state index contributed by atoms with van der Waals surface area (Å²) in [6.45, 7) is 5.46. The third kappa shape index (κ3) is 11.5. The average Bonchev–Trinajstić information content (AvgIpc) is 3.70. The van der Waals surface area contributed by atoms with Crippen molar-refractivity contribution in [1.29, 1.82) is 0 Å². The van der Waals surface area contributed by atoms with E-state index in [1.165, 1.54) is 54.4 Å². The number of unbranched alkanes of at least 4 members (excludes halogenated alkanes) is 5. The first kappa shape index (κ1) is 50.9. The van der Waals surface area contributed by atoms with Gasteiger partial charge in [-0.3, -0.25) is 0 Å². The van der Waals surface area contributed by atoms with E-state index < -0.39 is 5.54 Å². The van der Waals surface area contributed by atoms with Crippen molar-refractivity contribution in [2.24, 2.45) is 5.73 Å². The first-order valence-electron chi connectivity index (χ1n) is 26.3. The minimum atomic E-state index is -0.426. The van der Waals surface area contributed by atoms with Crippen molar-refractivity contribution in [3.63, 3.8) is 0 Å². The fourth-order valence-electron chi connectivity index (χ4n) is 10.6. The van der Waals surface area contributed by atoms with Gasteiger partial charge in [-0.05, 0) is 182 Å². The fourth-order valence-corrected chi connectivity index (χ4v) is 10.7. The molecular formula is C65H70ClN5O2. The zero-order valence-corrected chi connectivity index (χ0v) is 43.7. The topological polar surface area (TPSA) is 66.2 Å². The molecule has 8 heteroatoms. The maximum atomic E-state index is 7.03. The third-order valence-electron chi connectivity index (χ3n) is 14.4. The quantitative estimate of drug-likeness (QED) is 0.0585. The molecule has 0 aromatic heterocycles. The highest BCUT2D eigenvalue weighted by Gasteiger charge is 2.43. The van der Waals surface area contributed by atoms with E-state index in [1.54, 1.807) is 14.2 Å². The summed E-state index contributed by atoms with van der Waals surface area (Å²) in [4.78, 5) is 7.03. The van der Waals surface area contributed by atoms with Gasteiger partial charge in [0, 0.05) is 45.2 Å². The highest BCUT2D eigenvalue weighted by Crippen LogP contribution is 2.53. The van der Waals surface area contributed by atoms with Crippen LogP contribution in [0.1, 0.15) is 89.2 Å². The van der Waals surface area contributed by atoms with Crippen molar-refractivity contribution in [3.8, 4) is 22.6 Å². The molecule has 9 rings (SSSR count). The Bertz CT molecular complexity index is 2960. The smallest absolute Gasteiger partial charge is 0.119 e. The fraction of sp³-hybridized carbons (Fsp3) is 0.262. The van der Waals surface area contributed by atoms with Crippen molar-refractivity contribution in [3.05, 3.63) is 210 Å². The Morgan fingerprint density at radius 2 is 0.904 bits per heavy atom. The first-order valence-corrected chi connectivity index (χ1v) is 26.7. The van der Waals surface area contributed by atoms with Crippen LogP contribution < -0.4 is 35.2 Å². The van der Waals surface area contributed by atoms with Crippen LogP contribution >= 0.6 is 11.6 Å². The van der Waals surface area contributed by atoms with Crippen LogP contribution in [-0.4, -0.2) is 26.8 Å². The molecule has 0 aliphatic heterocycles. The van der Waals surface area contributed by atoms with Gasteiger partial charge in [-0.1, -0.05) is 131 Å². The molecule has 3 N–H and O–H groups in total. The molecule has 0 fully saturated rings. The Kier molecular flexibility index (Phi) is 16.8. The number of nitrogens with zero attached hydrogens (tertiary/aromatic N) is 3. The molecule has 0 saturated carbocycles. The second-order valence-electron chi connectivity index (χ2n) is 19.2. The number of hydrogen-bond acceptors (Lipinski definition) is 7. The van der Waals surface area contributed by atoms with Gasteiger partial charge in [0.1, 0.15) is 11.5 Å². The van der Waals surface area contributed by atoms with E-state index in [9.17, 15) is 0 Å². The minimum Gasteiger partial charge on any atom is -0.497 e. The van der Waals surface area contributed by atoms with Crippen LogP contribution in [0, 0.1) is 0 Å². The van der Waals surface area contributed by atoms with Crippen molar-refractivity contribution < 1.29 is 9.47 Å². The van der Waals surface area contributed by atoms with Crippen LogP contribution in [0.15, 0.2) is 194 Å². The zero-order valence-electron chi connectivity index (χ0n) is 42.9. The molecule has 374 valence electrons. The molecule has 1 aliphatic carbocycles. The molecule has 8 aromatic rings. The lowest BCUT2D eigenvalue weighted by Crippen LogP contribution is -2.43. The molecule has 0 saturated heterocycles. The zero-order chi connectivity index (χ0) is 50.6. The molecule has 2 unspecified atom stereocenters. The largest absolute Gasteiger partial charge is 0.497 e. The van der Waals surface area contributed by atoms with Gasteiger partial charge in [-0.2, -0.15) is 0 Å². The highest BCUT2D eigenvalue weighted by molar-refractivity contribution is 6.30. The van der Waals surface area contributed by atoms with Gasteiger partial charge in [-0.15, -0.1) is 0 Å². The number of nitrogens with one attached hydrogen (secondary N) is 1. The van der Waals surface area contributed by atoms with E-state index in [1.807, 2.05) is 36.4 Å². The molecular weight excluding hydrogens is 918 g/mol. The number of anilines is 9. The van der Waals surface area contributed by atoms with Gasteiger partial charge in [0.05, 0.1) is 36.8 Å². The van der Waals surface area contributed by atoms with Crippen molar-refractivity contribution in [2.75, 3.05) is 35.5 Å². The number of nitrogens with two attached hydrogens (primary N) is 1. The van der Waals surface area contributed by atoms with Gasteiger partial charge in [-0.25, -0.2) is 0 Å². The average molecular weight is 989 g/mol. The molecule has 1 aliphatic rings. The molecule has 0 heterocycles. The van der Waals surface area contributed by atoms with E-state index in [-0.39, 0.29) is 6.04 Å².